The number of rotatable bonds is 2. The fourth-order valence-electron chi connectivity index (χ4n) is 1.97. The van der Waals surface area contributed by atoms with E-state index >= 15 is 0 Å². The second-order valence-electron chi connectivity index (χ2n) is 4.51. The predicted octanol–water partition coefficient (Wildman–Crippen LogP) is 4.61. The molecule has 0 bridgehead atoms. The first-order valence-corrected chi connectivity index (χ1v) is 6.68. The molecule has 0 aliphatic rings. The minimum atomic E-state index is -4.61. The van der Waals surface area contributed by atoms with Crippen LogP contribution >= 0.6 is 11.6 Å². The van der Waals surface area contributed by atoms with Gasteiger partial charge < -0.3 is 0 Å². The molecule has 0 saturated carbocycles. The standard InChI is InChI=1S/C15H9ClF3N3/c16-11-6-8-12(9-7-11)22-13(10-4-2-1-3-5-10)20-14(21-22)15(17,18)19/h1-9H. The Morgan fingerprint density at radius 1 is 0.909 bits per heavy atom. The van der Waals surface area contributed by atoms with Gasteiger partial charge >= 0.3 is 6.18 Å². The van der Waals surface area contributed by atoms with Crippen LogP contribution in [0.1, 0.15) is 5.82 Å². The van der Waals surface area contributed by atoms with Crippen LogP contribution < -0.4 is 0 Å². The molecule has 0 N–H and O–H groups in total. The summed E-state index contributed by atoms with van der Waals surface area (Å²) in [5, 5.41) is 4.08. The zero-order valence-corrected chi connectivity index (χ0v) is 11.8. The number of hydrogen-bond donors (Lipinski definition) is 0. The third kappa shape index (κ3) is 2.82. The van der Waals surface area contributed by atoms with Gasteiger partial charge in [0.25, 0.3) is 5.82 Å². The molecule has 0 atom stereocenters. The molecule has 3 nitrogen and oxygen atoms in total. The second-order valence-corrected chi connectivity index (χ2v) is 4.95. The zero-order valence-electron chi connectivity index (χ0n) is 11.0. The summed E-state index contributed by atoms with van der Waals surface area (Å²) in [6.07, 6.45) is -4.61. The largest absolute Gasteiger partial charge is 0.453 e. The van der Waals surface area contributed by atoms with Crippen molar-refractivity contribution in [2.75, 3.05) is 0 Å². The first-order valence-electron chi connectivity index (χ1n) is 6.31. The van der Waals surface area contributed by atoms with E-state index in [9.17, 15) is 13.2 Å². The molecular formula is C15H9ClF3N3. The van der Waals surface area contributed by atoms with Gasteiger partial charge in [0.1, 0.15) is 0 Å². The van der Waals surface area contributed by atoms with Crippen LogP contribution in [0.5, 0.6) is 0 Å². The lowest BCUT2D eigenvalue weighted by Crippen LogP contribution is -2.08. The average molecular weight is 324 g/mol. The highest BCUT2D eigenvalue weighted by Gasteiger charge is 2.37. The SMILES string of the molecule is FC(F)(F)c1nc(-c2ccccc2)n(-c2ccc(Cl)cc2)n1. The molecule has 1 heterocycles. The van der Waals surface area contributed by atoms with Crippen molar-refractivity contribution in [2.45, 2.75) is 6.18 Å². The summed E-state index contributed by atoms with van der Waals surface area (Å²) in [7, 11) is 0. The smallest absolute Gasteiger partial charge is 0.213 e. The normalized spacial score (nSPS) is 11.6. The third-order valence-corrected chi connectivity index (χ3v) is 3.22. The molecule has 0 saturated heterocycles. The van der Waals surface area contributed by atoms with Crippen LogP contribution in [0, 0.1) is 0 Å². The third-order valence-electron chi connectivity index (χ3n) is 2.96. The first-order chi connectivity index (χ1) is 10.4. The van der Waals surface area contributed by atoms with Crippen molar-refractivity contribution >= 4 is 11.6 Å². The van der Waals surface area contributed by atoms with Crippen LogP contribution in [0.15, 0.2) is 54.6 Å². The van der Waals surface area contributed by atoms with E-state index < -0.39 is 12.0 Å². The van der Waals surface area contributed by atoms with Crippen molar-refractivity contribution in [1.82, 2.24) is 14.8 Å². The van der Waals surface area contributed by atoms with Crippen molar-refractivity contribution in [3.63, 3.8) is 0 Å². The molecule has 0 spiro atoms. The van der Waals surface area contributed by atoms with Crippen molar-refractivity contribution in [3.05, 3.63) is 65.4 Å². The molecule has 2 aromatic carbocycles. The maximum atomic E-state index is 12.9. The molecule has 112 valence electrons. The molecule has 1 aromatic heterocycles. The minimum absolute atomic E-state index is 0.121. The molecule has 0 aliphatic carbocycles. The summed E-state index contributed by atoms with van der Waals surface area (Å²) < 4.78 is 39.9. The van der Waals surface area contributed by atoms with Gasteiger partial charge in [-0.3, -0.25) is 0 Å². The summed E-state index contributed by atoms with van der Waals surface area (Å²) in [5.41, 5.74) is 0.992. The van der Waals surface area contributed by atoms with E-state index in [1.807, 2.05) is 0 Å². The van der Waals surface area contributed by atoms with E-state index in [1.165, 1.54) is 0 Å². The average Bonchev–Trinajstić information content (AvgIpc) is 2.94. The Labute approximate surface area is 129 Å². The molecule has 0 aliphatic heterocycles. The number of halogens is 4. The summed E-state index contributed by atoms with van der Waals surface area (Å²) in [4.78, 5) is 3.64. The fraction of sp³-hybridized carbons (Fsp3) is 0.0667. The second kappa shape index (κ2) is 5.46. The Morgan fingerprint density at radius 2 is 1.55 bits per heavy atom. The molecule has 3 aromatic rings. The molecule has 22 heavy (non-hydrogen) atoms. The molecule has 3 rings (SSSR count). The number of nitrogens with zero attached hydrogens (tertiary/aromatic N) is 3. The maximum Gasteiger partial charge on any atom is 0.453 e. The molecule has 0 unspecified atom stereocenters. The van der Waals surface area contributed by atoms with Gasteiger partial charge in [-0.05, 0) is 24.3 Å². The lowest BCUT2D eigenvalue weighted by Gasteiger charge is -2.05. The number of aromatic nitrogens is 3. The Morgan fingerprint density at radius 3 is 2.14 bits per heavy atom. The molecule has 0 radical (unpaired) electrons. The van der Waals surface area contributed by atoms with Gasteiger partial charge in [0.2, 0.25) is 0 Å². The number of benzene rings is 2. The Balaban J connectivity index is 2.19. The monoisotopic (exact) mass is 323 g/mol. The molecule has 7 heteroatoms. The van der Waals surface area contributed by atoms with E-state index in [1.54, 1.807) is 54.6 Å². The zero-order chi connectivity index (χ0) is 15.7. The number of alkyl halides is 3. The maximum absolute atomic E-state index is 12.9. The topological polar surface area (TPSA) is 30.7 Å². The van der Waals surface area contributed by atoms with Gasteiger partial charge in [0.05, 0.1) is 5.69 Å². The summed E-state index contributed by atoms with van der Waals surface area (Å²) >= 11 is 5.81. The van der Waals surface area contributed by atoms with Gasteiger partial charge in [-0.15, -0.1) is 5.10 Å². The lowest BCUT2D eigenvalue weighted by molar-refractivity contribution is -0.144. The lowest BCUT2D eigenvalue weighted by atomic mass is 10.2. The molecular weight excluding hydrogens is 315 g/mol. The summed E-state index contributed by atoms with van der Waals surface area (Å²) in [6, 6.07) is 14.9. The quantitative estimate of drug-likeness (QED) is 0.689. The van der Waals surface area contributed by atoms with Crippen molar-refractivity contribution in [1.29, 1.82) is 0 Å². The number of hydrogen-bond acceptors (Lipinski definition) is 2. The van der Waals surface area contributed by atoms with Gasteiger partial charge in [-0.2, -0.15) is 13.2 Å². The minimum Gasteiger partial charge on any atom is -0.213 e. The van der Waals surface area contributed by atoms with E-state index in [2.05, 4.69) is 10.1 Å². The highest BCUT2D eigenvalue weighted by atomic mass is 35.5. The Bertz CT molecular complexity index is 780. The van der Waals surface area contributed by atoms with Crippen LogP contribution in [-0.4, -0.2) is 14.8 Å². The molecule has 0 amide bonds. The van der Waals surface area contributed by atoms with Crippen LogP contribution in [0.25, 0.3) is 17.1 Å². The highest BCUT2D eigenvalue weighted by molar-refractivity contribution is 6.30. The van der Waals surface area contributed by atoms with Gasteiger partial charge in [0.15, 0.2) is 5.82 Å². The van der Waals surface area contributed by atoms with Crippen molar-refractivity contribution in [3.8, 4) is 17.1 Å². The van der Waals surface area contributed by atoms with Gasteiger partial charge in [0, 0.05) is 10.6 Å². The van der Waals surface area contributed by atoms with Crippen molar-refractivity contribution < 1.29 is 13.2 Å². The van der Waals surface area contributed by atoms with Crippen LogP contribution in [0.4, 0.5) is 13.2 Å². The van der Waals surface area contributed by atoms with Crippen LogP contribution in [-0.2, 0) is 6.18 Å². The van der Waals surface area contributed by atoms with Gasteiger partial charge in [-0.1, -0.05) is 41.9 Å². The van der Waals surface area contributed by atoms with E-state index in [0.717, 1.165) is 4.68 Å². The van der Waals surface area contributed by atoms with E-state index in [-0.39, 0.29) is 5.82 Å². The van der Waals surface area contributed by atoms with E-state index in [4.69, 9.17) is 11.6 Å². The predicted molar refractivity (Wildman–Crippen MR) is 76.8 cm³/mol. The fourth-order valence-corrected chi connectivity index (χ4v) is 2.09. The summed E-state index contributed by atoms with van der Waals surface area (Å²) in [5.74, 6) is -1.06. The Kier molecular flexibility index (Phi) is 3.62. The Hall–Kier alpha value is -2.34. The molecule has 0 fully saturated rings. The van der Waals surface area contributed by atoms with Crippen LogP contribution in [0.2, 0.25) is 5.02 Å². The van der Waals surface area contributed by atoms with Crippen LogP contribution in [0.3, 0.4) is 0 Å². The van der Waals surface area contributed by atoms with Gasteiger partial charge in [-0.25, -0.2) is 9.67 Å². The summed E-state index contributed by atoms with van der Waals surface area (Å²) in [6.45, 7) is 0. The first kappa shape index (κ1) is 14.6. The van der Waals surface area contributed by atoms with Crippen molar-refractivity contribution in [2.24, 2.45) is 0 Å². The highest BCUT2D eigenvalue weighted by Crippen LogP contribution is 2.30. The van der Waals surface area contributed by atoms with E-state index in [0.29, 0.717) is 16.3 Å².